The monoisotopic (exact) mass is 555 g/mol. The number of hydrogen-bond acceptors (Lipinski definition) is 7. The van der Waals surface area contributed by atoms with Crippen molar-refractivity contribution in [3.63, 3.8) is 0 Å². The molecule has 2 aliphatic rings. The van der Waals surface area contributed by atoms with Crippen LogP contribution in [0.2, 0.25) is 10.0 Å². The maximum Gasteiger partial charge on any atom is 0.254 e. The van der Waals surface area contributed by atoms with Crippen LogP contribution in [0.4, 0.5) is 5.95 Å². The summed E-state index contributed by atoms with van der Waals surface area (Å²) in [6.07, 6.45) is 3.32. The van der Waals surface area contributed by atoms with Gasteiger partial charge in [0.15, 0.2) is 0 Å². The van der Waals surface area contributed by atoms with E-state index in [1.165, 1.54) is 4.90 Å². The summed E-state index contributed by atoms with van der Waals surface area (Å²) in [5, 5.41) is 7.13. The van der Waals surface area contributed by atoms with Crippen molar-refractivity contribution in [2.24, 2.45) is 0 Å². The summed E-state index contributed by atoms with van der Waals surface area (Å²) in [5.41, 5.74) is 3.42. The highest BCUT2D eigenvalue weighted by atomic mass is 35.5. The SMILES string of the molecule is COc1cc(Cl)ccc1CNC(=O)CN1Cc2ccc(-c3nc(NC4CCOCC4)ncc3Cl)cc2C1=O. The Kier molecular flexibility index (Phi) is 7.97. The highest BCUT2D eigenvalue weighted by Gasteiger charge is 2.29. The van der Waals surface area contributed by atoms with Crippen LogP contribution in [-0.4, -0.2) is 59.6 Å². The van der Waals surface area contributed by atoms with E-state index in [0.29, 0.717) is 58.3 Å². The summed E-state index contributed by atoms with van der Waals surface area (Å²) in [6, 6.07) is 11.0. The number of methoxy groups -OCH3 is 1. The van der Waals surface area contributed by atoms with Crippen LogP contribution in [-0.2, 0) is 22.6 Å². The van der Waals surface area contributed by atoms with E-state index in [-0.39, 0.29) is 30.9 Å². The number of nitrogens with zero attached hydrogens (tertiary/aromatic N) is 3. The number of carbonyl (C=O) groups excluding carboxylic acids is 2. The average Bonchev–Trinajstić information content (AvgIpc) is 3.23. The number of benzene rings is 2. The molecule has 2 aromatic carbocycles. The van der Waals surface area contributed by atoms with Gasteiger partial charge in [0, 0.05) is 54.1 Å². The van der Waals surface area contributed by atoms with Gasteiger partial charge in [0.05, 0.1) is 24.0 Å². The minimum Gasteiger partial charge on any atom is -0.496 e. The van der Waals surface area contributed by atoms with E-state index in [9.17, 15) is 9.59 Å². The summed E-state index contributed by atoms with van der Waals surface area (Å²) < 4.78 is 10.7. The largest absolute Gasteiger partial charge is 0.496 e. The molecule has 2 N–H and O–H groups in total. The fraction of sp³-hybridized carbons (Fsp3) is 0.333. The molecule has 0 bridgehead atoms. The molecule has 1 fully saturated rings. The van der Waals surface area contributed by atoms with Crippen LogP contribution in [0.3, 0.4) is 0 Å². The van der Waals surface area contributed by atoms with Gasteiger partial charge >= 0.3 is 0 Å². The third-order valence-corrected chi connectivity index (χ3v) is 7.13. The molecule has 38 heavy (non-hydrogen) atoms. The Morgan fingerprint density at radius 2 is 2.00 bits per heavy atom. The van der Waals surface area contributed by atoms with Crippen LogP contribution < -0.4 is 15.4 Å². The Balaban J connectivity index is 1.25. The fourth-order valence-electron chi connectivity index (χ4n) is 4.59. The van der Waals surface area contributed by atoms with Gasteiger partial charge in [0.25, 0.3) is 5.91 Å². The molecule has 0 unspecified atom stereocenters. The predicted molar refractivity (Wildman–Crippen MR) is 145 cm³/mol. The molecule has 3 heterocycles. The molecule has 0 aliphatic carbocycles. The number of fused-ring (bicyclic) bond motifs is 1. The highest BCUT2D eigenvalue weighted by molar-refractivity contribution is 6.33. The third-order valence-electron chi connectivity index (χ3n) is 6.62. The lowest BCUT2D eigenvalue weighted by atomic mass is 10.0. The number of aromatic nitrogens is 2. The predicted octanol–water partition coefficient (Wildman–Crippen LogP) is 4.32. The van der Waals surface area contributed by atoms with Crippen molar-refractivity contribution >= 4 is 41.0 Å². The minimum absolute atomic E-state index is 0.0633. The van der Waals surface area contributed by atoms with Gasteiger partial charge in [-0.1, -0.05) is 41.4 Å². The van der Waals surface area contributed by atoms with Crippen LogP contribution in [0.5, 0.6) is 5.75 Å². The molecule has 11 heteroatoms. The lowest BCUT2D eigenvalue weighted by molar-refractivity contribution is -0.122. The van der Waals surface area contributed by atoms with E-state index in [0.717, 1.165) is 24.0 Å². The standard InChI is InChI=1S/C27H27Cl2N5O4/c1-37-23-11-19(28)5-4-17(23)12-30-24(35)15-34-14-18-3-2-16(10-21(18)26(34)36)25-22(29)13-31-27(33-25)32-20-6-8-38-9-7-20/h2-5,10-11,13,20H,6-9,12,14-15H2,1H3,(H,30,35)(H,31,32,33). The number of hydrogen-bond donors (Lipinski definition) is 2. The van der Waals surface area contributed by atoms with Crippen LogP contribution in [0.1, 0.15) is 34.3 Å². The number of nitrogens with one attached hydrogen (secondary N) is 2. The van der Waals surface area contributed by atoms with Gasteiger partial charge in [0.1, 0.15) is 12.3 Å². The number of carbonyl (C=O) groups is 2. The van der Waals surface area contributed by atoms with E-state index in [4.69, 9.17) is 32.7 Å². The van der Waals surface area contributed by atoms with Crippen LogP contribution in [0, 0.1) is 0 Å². The van der Waals surface area contributed by atoms with E-state index in [1.54, 1.807) is 37.6 Å². The van der Waals surface area contributed by atoms with Gasteiger partial charge < -0.3 is 25.0 Å². The second-order valence-electron chi connectivity index (χ2n) is 9.19. The topological polar surface area (TPSA) is 106 Å². The Labute approximate surface area is 230 Å². The van der Waals surface area contributed by atoms with Gasteiger partial charge in [-0.25, -0.2) is 9.97 Å². The molecule has 0 radical (unpaired) electrons. The highest BCUT2D eigenvalue weighted by Crippen LogP contribution is 2.32. The Morgan fingerprint density at radius 1 is 1.18 bits per heavy atom. The quantitative estimate of drug-likeness (QED) is 0.426. The van der Waals surface area contributed by atoms with Gasteiger partial charge in [-0.05, 0) is 36.6 Å². The van der Waals surface area contributed by atoms with Gasteiger partial charge in [-0.3, -0.25) is 9.59 Å². The molecular formula is C27H27Cl2N5O4. The second kappa shape index (κ2) is 11.6. The first-order valence-electron chi connectivity index (χ1n) is 12.3. The maximum atomic E-state index is 13.2. The Bertz CT molecular complexity index is 1360. The zero-order valence-corrected chi connectivity index (χ0v) is 22.3. The molecule has 0 saturated carbocycles. The third kappa shape index (κ3) is 5.85. The van der Waals surface area contributed by atoms with E-state index in [2.05, 4.69) is 20.6 Å². The van der Waals surface area contributed by atoms with Gasteiger partial charge in [-0.15, -0.1) is 0 Å². The summed E-state index contributed by atoms with van der Waals surface area (Å²) in [4.78, 5) is 36.3. The Morgan fingerprint density at radius 3 is 2.79 bits per heavy atom. The van der Waals surface area contributed by atoms with Crippen molar-refractivity contribution in [1.82, 2.24) is 20.2 Å². The molecule has 5 rings (SSSR count). The number of halogens is 2. The van der Waals surface area contributed by atoms with E-state index < -0.39 is 0 Å². The van der Waals surface area contributed by atoms with E-state index >= 15 is 0 Å². The van der Waals surface area contributed by atoms with E-state index in [1.807, 2.05) is 12.1 Å². The summed E-state index contributed by atoms with van der Waals surface area (Å²) in [6.45, 7) is 1.95. The van der Waals surface area contributed by atoms with Crippen molar-refractivity contribution in [3.05, 3.63) is 69.3 Å². The molecule has 198 valence electrons. The molecule has 9 nitrogen and oxygen atoms in total. The smallest absolute Gasteiger partial charge is 0.254 e. The van der Waals surface area contributed by atoms with Crippen LogP contribution >= 0.6 is 23.2 Å². The van der Waals surface area contributed by atoms with Crippen molar-refractivity contribution in [1.29, 1.82) is 0 Å². The second-order valence-corrected chi connectivity index (χ2v) is 10.0. The number of anilines is 1. The molecule has 2 amide bonds. The lowest BCUT2D eigenvalue weighted by Gasteiger charge is -2.23. The molecule has 0 atom stereocenters. The number of amides is 2. The zero-order valence-electron chi connectivity index (χ0n) is 20.8. The van der Waals surface area contributed by atoms with Crippen LogP contribution in [0.15, 0.2) is 42.6 Å². The molecule has 3 aromatic rings. The van der Waals surface area contributed by atoms with Crippen molar-refractivity contribution in [2.45, 2.75) is 32.0 Å². The molecule has 1 saturated heterocycles. The normalized spacial score (nSPS) is 15.3. The number of rotatable bonds is 8. The molecule has 1 aromatic heterocycles. The summed E-state index contributed by atoms with van der Waals surface area (Å²) in [5.74, 6) is 0.584. The maximum absolute atomic E-state index is 13.2. The average molecular weight is 556 g/mol. The first-order valence-corrected chi connectivity index (χ1v) is 13.1. The Hall–Kier alpha value is -3.40. The molecule has 2 aliphatic heterocycles. The van der Waals surface area contributed by atoms with Gasteiger partial charge in [0.2, 0.25) is 11.9 Å². The van der Waals surface area contributed by atoms with Gasteiger partial charge in [-0.2, -0.15) is 0 Å². The van der Waals surface area contributed by atoms with Crippen molar-refractivity contribution < 1.29 is 19.1 Å². The summed E-state index contributed by atoms with van der Waals surface area (Å²) in [7, 11) is 1.55. The van der Waals surface area contributed by atoms with Crippen LogP contribution in [0.25, 0.3) is 11.3 Å². The number of ether oxygens (including phenoxy) is 2. The lowest BCUT2D eigenvalue weighted by Crippen LogP contribution is -2.37. The molecule has 0 spiro atoms. The fourth-order valence-corrected chi connectivity index (χ4v) is 4.95. The first-order chi connectivity index (χ1) is 18.4. The van der Waals surface area contributed by atoms with Crippen molar-refractivity contribution in [2.75, 3.05) is 32.2 Å². The molecular weight excluding hydrogens is 529 g/mol. The first kappa shape index (κ1) is 26.2. The van der Waals surface area contributed by atoms with Crippen molar-refractivity contribution in [3.8, 4) is 17.0 Å². The minimum atomic E-state index is -0.272. The zero-order chi connectivity index (χ0) is 26.6. The summed E-state index contributed by atoms with van der Waals surface area (Å²) >= 11 is 12.4.